The van der Waals surface area contributed by atoms with E-state index in [1.807, 2.05) is 12.1 Å². The van der Waals surface area contributed by atoms with E-state index in [4.69, 9.17) is 0 Å². The summed E-state index contributed by atoms with van der Waals surface area (Å²) in [5.41, 5.74) is 2.52. The highest BCUT2D eigenvalue weighted by atomic mass is 32.2. The average Bonchev–Trinajstić information content (AvgIpc) is 2.63. The quantitative estimate of drug-likeness (QED) is 0.830. The number of aryl methyl sites for hydroxylation is 1. The van der Waals surface area contributed by atoms with Crippen LogP contribution < -0.4 is 10.6 Å². The zero-order chi connectivity index (χ0) is 16.4. The SMILES string of the molecule is CC1CCCc2ccccc2C1NC(=O)NCC1CS(=O)(=O)C1. The lowest BCUT2D eigenvalue weighted by molar-refractivity contribution is 0.230. The lowest BCUT2D eigenvalue weighted by Crippen LogP contribution is -2.47. The van der Waals surface area contributed by atoms with Gasteiger partial charge >= 0.3 is 6.03 Å². The number of carbonyl (C=O) groups is 1. The van der Waals surface area contributed by atoms with Gasteiger partial charge in [-0.1, -0.05) is 31.2 Å². The number of amides is 2. The Kier molecular flexibility index (Phi) is 4.62. The van der Waals surface area contributed by atoms with Gasteiger partial charge in [0.25, 0.3) is 0 Å². The molecule has 23 heavy (non-hydrogen) atoms. The highest BCUT2D eigenvalue weighted by molar-refractivity contribution is 7.92. The molecule has 2 N–H and O–H groups in total. The number of urea groups is 1. The van der Waals surface area contributed by atoms with Crippen LogP contribution in [0.1, 0.15) is 36.9 Å². The molecule has 1 saturated heterocycles. The fourth-order valence-corrected chi connectivity index (χ4v) is 5.16. The van der Waals surface area contributed by atoms with E-state index in [0.29, 0.717) is 12.5 Å². The van der Waals surface area contributed by atoms with Gasteiger partial charge in [-0.2, -0.15) is 0 Å². The Labute approximate surface area is 137 Å². The van der Waals surface area contributed by atoms with Gasteiger partial charge in [0.1, 0.15) is 0 Å². The smallest absolute Gasteiger partial charge is 0.315 e. The predicted octanol–water partition coefficient (Wildman–Crippen LogP) is 2.04. The number of fused-ring (bicyclic) bond motifs is 1. The average molecular weight is 336 g/mol. The second-order valence-electron chi connectivity index (χ2n) is 6.84. The third-order valence-electron chi connectivity index (χ3n) is 4.88. The zero-order valence-electron chi connectivity index (χ0n) is 13.4. The first-order valence-corrected chi connectivity index (χ1v) is 10.1. The second-order valence-corrected chi connectivity index (χ2v) is 9.00. The van der Waals surface area contributed by atoms with E-state index in [9.17, 15) is 13.2 Å². The third-order valence-corrected chi connectivity index (χ3v) is 6.84. The molecule has 5 nitrogen and oxygen atoms in total. The molecule has 126 valence electrons. The van der Waals surface area contributed by atoms with E-state index in [1.165, 1.54) is 11.1 Å². The Morgan fingerprint density at radius 1 is 1.26 bits per heavy atom. The summed E-state index contributed by atoms with van der Waals surface area (Å²) in [6, 6.07) is 8.10. The van der Waals surface area contributed by atoms with Gasteiger partial charge in [-0.05, 0) is 36.3 Å². The topological polar surface area (TPSA) is 75.3 Å². The zero-order valence-corrected chi connectivity index (χ0v) is 14.2. The van der Waals surface area contributed by atoms with Crippen LogP contribution >= 0.6 is 0 Å². The van der Waals surface area contributed by atoms with E-state index >= 15 is 0 Å². The number of hydrogen-bond acceptors (Lipinski definition) is 3. The van der Waals surface area contributed by atoms with E-state index < -0.39 is 9.84 Å². The van der Waals surface area contributed by atoms with Crippen LogP contribution in [0.3, 0.4) is 0 Å². The van der Waals surface area contributed by atoms with Crippen molar-refractivity contribution in [2.24, 2.45) is 11.8 Å². The number of hydrogen-bond donors (Lipinski definition) is 2. The van der Waals surface area contributed by atoms with Crippen LogP contribution in [-0.2, 0) is 16.3 Å². The summed E-state index contributed by atoms with van der Waals surface area (Å²) in [6.07, 6.45) is 3.28. The maximum atomic E-state index is 12.2. The molecule has 0 saturated carbocycles. The molecule has 0 radical (unpaired) electrons. The molecular weight excluding hydrogens is 312 g/mol. The normalized spacial score (nSPS) is 26.5. The number of sulfone groups is 1. The largest absolute Gasteiger partial charge is 0.338 e. The molecule has 6 heteroatoms. The van der Waals surface area contributed by atoms with Gasteiger partial charge in [0.05, 0.1) is 17.5 Å². The lowest BCUT2D eigenvalue weighted by Gasteiger charge is -2.28. The fraction of sp³-hybridized carbons (Fsp3) is 0.588. The van der Waals surface area contributed by atoms with Gasteiger partial charge < -0.3 is 10.6 Å². The monoisotopic (exact) mass is 336 g/mol. The Morgan fingerprint density at radius 2 is 2.00 bits per heavy atom. The number of nitrogens with one attached hydrogen (secondary N) is 2. The van der Waals surface area contributed by atoms with Gasteiger partial charge in [0, 0.05) is 12.5 Å². The number of benzene rings is 1. The maximum absolute atomic E-state index is 12.2. The molecule has 0 bridgehead atoms. The van der Waals surface area contributed by atoms with Crippen LogP contribution in [0.5, 0.6) is 0 Å². The van der Waals surface area contributed by atoms with Gasteiger partial charge in [0.2, 0.25) is 0 Å². The molecule has 2 aliphatic rings. The molecule has 1 heterocycles. The third kappa shape index (κ3) is 3.86. The summed E-state index contributed by atoms with van der Waals surface area (Å²) in [7, 11) is -2.83. The van der Waals surface area contributed by atoms with Crippen LogP contribution in [0, 0.1) is 11.8 Å². The molecule has 2 atom stereocenters. The van der Waals surface area contributed by atoms with Crippen molar-refractivity contribution in [2.45, 2.75) is 32.2 Å². The van der Waals surface area contributed by atoms with Crippen molar-refractivity contribution in [1.82, 2.24) is 10.6 Å². The number of rotatable bonds is 3. The van der Waals surface area contributed by atoms with Crippen LogP contribution in [0.25, 0.3) is 0 Å². The first-order chi connectivity index (χ1) is 10.9. The molecular formula is C17H24N2O3S. The van der Waals surface area contributed by atoms with Crippen molar-refractivity contribution in [3.8, 4) is 0 Å². The molecule has 1 aliphatic carbocycles. The van der Waals surface area contributed by atoms with E-state index in [1.54, 1.807) is 0 Å². The Morgan fingerprint density at radius 3 is 2.74 bits per heavy atom. The fourth-order valence-electron chi connectivity index (χ4n) is 3.59. The maximum Gasteiger partial charge on any atom is 0.315 e. The molecule has 1 aliphatic heterocycles. The molecule has 1 aromatic carbocycles. The summed E-state index contributed by atoms with van der Waals surface area (Å²) in [5.74, 6) is 0.824. The molecule has 3 rings (SSSR count). The van der Waals surface area contributed by atoms with Crippen LogP contribution in [0.2, 0.25) is 0 Å². The van der Waals surface area contributed by atoms with Crippen molar-refractivity contribution < 1.29 is 13.2 Å². The van der Waals surface area contributed by atoms with Gasteiger partial charge in [-0.3, -0.25) is 0 Å². The standard InChI is InChI=1S/C17H24N2O3S/c1-12-5-4-7-14-6-2-3-8-15(14)16(12)19-17(20)18-9-13-10-23(21,22)11-13/h2-3,6,8,12-13,16H,4-5,7,9-11H2,1H3,(H2,18,19,20). The first kappa shape index (κ1) is 16.3. The van der Waals surface area contributed by atoms with Crippen LogP contribution in [0.15, 0.2) is 24.3 Å². The van der Waals surface area contributed by atoms with E-state index in [2.05, 4.69) is 29.7 Å². The molecule has 0 aromatic heterocycles. The van der Waals surface area contributed by atoms with Crippen molar-refractivity contribution in [3.63, 3.8) is 0 Å². The van der Waals surface area contributed by atoms with Crippen molar-refractivity contribution in [2.75, 3.05) is 18.1 Å². The van der Waals surface area contributed by atoms with Gasteiger partial charge in [-0.25, -0.2) is 13.2 Å². The molecule has 2 unspecified atom stereocenters. The van der Waals surface area contributed by atoms with Crippen molar-refractivity contribution >= 4 is 15.9 Å². The summed E-state index contributed by atoms with van der Waals surface area (Å²) in [5, 5.41) is 5.92. The first-order valence-electron chi connectivity index (χ1n) is 8.27. The second kappa shape index (κ2) is 6.51. The van der Waals surface area contributed by atoms with Gasteiger partial charge in [0.15, 0.2) is 9.84 Å². The minimum Gasteiger partial charge on any atom is -0.338 e. The van der Waals surface area contributed by atoms with Crippen LogP contribution in [-0.4, -0.2) is 32.5 Å². The highest BCUT2D eigenvalue weighted by Crippen LogP contribution is 2.32. The summed E-state index contributed by atoms with van der Waals surface area (Å²) < 4.78 is 22.3. The van der Waals surface area contributed by atoms with Crippen molar-refractivity contribution in [3.05, 3.63) is 35.4 Å². The number of carbonyl (C=O) groups excluding carboxylic acids is 1. The Bertz CT molecular complexity index is 675. The van der Waals surface area contributed by atoms with E-state index in [0.717, 1.165) is 19.3 Å². The summed E-state index contributed by atoms with van der Waals surface area (Å²) in [4.78, 5) is 12.2. The summed E-state index contributed by atoms with van der Waals surface area (Å²) in [6.45, 7) is 2.60. The highest BCUT2D eigenvalue weighted by Gasteiger charge is 2.33. The minimum atomic E-state index is -2.83. The molecule has 1 fully saturated rings. The van der Waals surface area contributed by atoms with Crippen LogP contribution in [0.4, 0.5) is 4.79 Å². The lowest BCUT2D eigenvalue weighted by atomic mass is 9.92. The molecule has 0 spiro atoms. The molecule has 2 amide bonds. The predicted molar refractivity (Wildman–Crippen MR) is 90.0 cm³/mol. The van der Waals surface area contributed by atoms with E-state index in [-0.39, 0.29) is 29.5 Å². The van der Waals surface area contributed by atoms with Crippen molar-refractivity contribution in [1.29, 1.82) is 0 Å². The van der Waals surface area contributed by atoms with Gasteiger partial charge in [-0.15, -0.1) is 0 Å². The Hall–Kier alpha value is -1.56. The minimum absolute atomic E-state index is 0.0128. The molecule has 1 aromatic rings. The summed E-state index contributed by atoms with van der Waals surface area (Å²) >= 11 is 0. The Balaban J connectivity index is 1.60.